The topological polar surface area (TPSA) is 69.8 Å². The number of hydrogen-bond acceptors (Lipinski definition) is 4. The van der Waals surface area contributed by atoms with Crippen LogP contribution < -0.4 is 10.6 Å². The van der Waals surface area contributed by atoms with Crippen LogP contribution in [0.15, 0.2) is 24.4 Å². The van der Waals surface area contributed by atoms with Crippen molar-refractivity contribution in [1.29, 1.82) is 0 Å². The fraction of sp³-hybridized carbons (Fsp3) is 0.250. The normalized spacial score (nSPS) is 14.0. The van der Waals surface area contributed by atoms with Crippen LogP contribution >= 0.6 is 11.3 Å². The van der Waals surface area contributed by atoms with Crippen LogP contribution in [-0.4, -0.2) is 22.6 Å². The molecule has 3 aromatic rings. The van der Waals surface area contributed by atoms with Gasteiger partial charge in [-0.15, -0.1) is 11.3 Å². The van der Waals surface area contributed by atoms with Gasteiger partial charge in [-0.3, -0.25) is 9.89 Å². The van der Waals surface area contributed by atoms with Crippen LogP contribution in [-0.2, 0) is 17.8 Å². The molecule has 5 nitrogen and oxygen atoms in total. The number of amides is 1. The molecule has 0 bridgehead atoms. The molecule has 1 amide bonds. The molecule has 1 aliphatic rings. The number of aromatic amines is 1. The number of nitrogens with zero attached hydrogens (tertiary/aromatic N) is 1. The largest absolute Gasteiger partial charge is 0.317 e. The molecule has 0 unspecified atom stereocenters. The van der Waals surface area contributed by atoms with Crippen molar-refractivity contribution in [3.63, 3.8) is 0 Å². The lowest BCUT2D eigenvalue weighted by Gasteiger charge is -2.15. The third-order valence-electron chi connectivity index (χ3n) is 3.97. The lowest BCUT2D eigenvalue weighted by atomic mass is 9.95. The molecule has 1 aliphatic heterocycles. The van der Waals surface area contributed by atoms with E-state index in [1.54, 1.807) is 18.3 Å². The number of carbonyl (C=O) groups is 1. The summed E-state index contributed by atoms with van der Waals surface area (Å²) in [5.41, 5.74) is 4.65. The molecule has 112 valence electrons. The molecule has 2 aromatic heterocycles. The number of nitrogens with one attached hydrogen (secondary N) is 3. The maximum absolute atomic E-state index is 11.6. The second-order valence-electron chi connectivity index (χ2n) is 5.45. The predicted molar refractivity (Wildman–Crippen MR) is 89.1 cm³/mol. The summed E-state index contributed by atoms with van der Waals surface area (Å²) in [6.45, 7) is 3.39. The number of fused-ring (bicyclic) bond motifs is 2. The number of thiophene rings is 1. The molecule has 0 atom stereocenters. The van der Waals surface area contributed by atoms with E-state index in [9.17, 15) is 4.79 Å². The van der Waals surface area contributed by atoms with E-state index in [2.05, 4.69) is 26.9 Å². The van der Waals surface area contributed by atoms with Crippen LogP contribution in [0.5, 0.6) is 0 Å². The van der Waals surface area contributed by atoms with E-state index in [0.717, 1.165) is 46.5 Å². The average Bonchev–Trinajstić information content (AvgIpc) is 3.09. The Labute approximate surface area is 131 Å². The van der Waals surface area contributed by atoms with Crippen molar-refractivity contribution in [3.05, 3.63) is 34.8 Å². The molecule has 22 heavy (non-hydrogen) atoms. The van der Waals surface area contributed by atoms with E-state index < -0.39 is 0 Å². The Morgan fingerprint density at radius 2 is 2.32 bits per heavy atom. The van der Waals surface area contributed by atoms with Crippen LogP contribution in [0.1, 0.15) is 17.4 Å². The van der Waals surface area contributed by atoms with Gasteiger partial charge in [0.15, 0.2) is 0 Å². The summed E-state index contributed by atoms with van der Waals surface area (Å²) in [5.74, 6) is -0.0350. The fourth-order valence-electron chi connectivity index (χ4n) is 3.05. The second kappa shape index (κ2) is 5.23. The number of rotatable bonds is 2. The van der Waals surface area contributed by atoms with Crippen molar-refractivity contribution in [3.8, 4) is 11.1 Å². The van der Waals surface area contributed by atoms with E-state index in [-0.39, 0.29) is 5.91 Å². The second-order valence-corrected chi connectivity index (χ2v) is 6.56. The molecule has 0 saturated heterocycles. The summed E-state index contributed by atoms with van der Waals surface area (Å²) in [6, 6.07) is 6.15. The van der Waals surface area contributed by atoms with E-state index in [1.165, 1.54) is 10.4 Å². The molecule has 3 heterocycles. The molecule has 0 fully saturated rings. The molecule has 4 rings (SSSR count). The van der Waals surface area contributed by atoms with Gasteiger partial charge in [-0.25, -0.2) is 0 Å². The highest BCUT2D eigenvalue weighted by Gasteiger charge is 2.23. The number of H-pyrrole nitrogens is 1. The number of hydrogen-bond donors (Lipinski definition) is 3. The Balaban J connectivity index is 1.98. The third-order valence-corrected chi connectivity index (χ3v) is 5.12. The quantitative estimate of drug-likeness (QED) is 0.681. The van der Waals surface area contributed by atoms with Crippen molar-refractivity contribution in [2.24, 2.45) is 0 Å². The van der Waals surface area contributed by atoms with Crippen LogP contribution in [0.3, 0.4) is 0 Å². The summed E-state index contributed by atoms with van der Waals surface area (Å²) >= 11 is 1.67. The van der Waals surface area contributed by atoms with E-state index in [1.807, 2.05) is 18.3 Å². The first-order valence-electron chi connectivity index (χ1n) is 7.29. The van der Waals surface area contributed by atoms with Crippen molar-refractivity contribution < 1.29 is 4.79 Å². The van der Waals surface area contributed by atoms with Crippen LogP contribution in [0.4, 0.5) is 5.00 Å². The monoisotopic (exact) mass is 312 g/mol. The van der Waals surface area contributed by atoms with Gasteiger partial charge in [0.25, 0.3) is 0 Å². The van der Waals surface area contributed by atoms with Gasteiger partial charge in [0.05, 0.1) is 11.7 Å². The van der Waals surface area contributed by atoms with Gasteiger partial charge >= 0.3 is 0 Å². The zero-order valence-electron chi connectivity index (χ0n) is 12.2. The smallest absolute Gasteiger partial charge is 0.221 e. The highest BCUT2D eigenvalue weighted by Crippen LogP contribution is 2.44. The van der Waals surface area contributed by atoms with Crippen molar-refractivity contribution in [2.45, 2.75) is 19.9 Å². The number of benzene rings is 1. The van der Waals surface area contributed by atoms with Gasteiger partial charge in [-0.05, 0) is 30.2 Å². The average molecular weight is 312 g/mol. The SMILES string of the molecule is CC(=O)Nc1sc2c(c1-c1cccc3[nH]ncc13)CCNC2. The van der Waals surface area contributed by atoms with Gasteiger partial charge in [0.1, 0.15) is 5.00 Å². The summed E-state index contributed by atoms with van der Waals surface area (Å²) < 4.78 is 0. The van der Waals surface area contributed by atoms with Crippen LogP contribution in [0, 0.1) is 0 Å². The highest BCUT2D eigenvalue weighted by molar-refractivity contribution is 7.17. The molecule has 0 radical (unpaired) electrons. The van der Waals surface area contributed by atoms with Gasteiger partial charge in [-0.1, -0.05) is 12.1 Å². The minimum atomic E-state index is -0.0350. The van der Waals surface area contributed by atoms with Gasteiger partial charge in [-0.2, -0.15) is 5.10 Å². The molecule has 0 aliphatic carbocycles. The lowest BCUT2D eigenvalue weighted by molar-refractivity contribution is -0.114. The predicted octanol–water partition coefficient (Wildman–Crippen LogP) is 2.90. The molecular formula is C16H16N4OS. The summed E-state index contributed by atoms with van der Waals surface area (Å²) in [5, 5.41) is 15.6. The summed E-state index contributed by atoms with van der Waals surface area (Å²) in [6.07, 6.45) is 2.84. The Morgan fingerprint density at radius 3 is 3.18 bits per heavy atom. The van der Waals surface area contributed by atoms with Crippen molar-refractivity contribution in [1.82, 2.24) is 15.5 Å². The highest BCUT2D eigenvalue weighted by atomic mass is 32.1. The van der Waals surface area contributed by atoms with E-state index in [4.69, 9.17) is 0 Å². The molecular weight excluding hydrogens is 296 g/mol. The number of carbonyl (C=O) groups excluding carboxylic acids is 1. The maximum atomic E-state index is 11.6. The minimum Gasteiger partial charge on any atom is -0.317 e. The maximum Gasteiger partial charge on any atom is 0.221 e. The Kier molecular flexibility index (Phi) is 3.20. The first-order chi connectivity index (χ1) is 10.7. The number of aromatic nitrogens is 2. The zero-order chi connectivity index (χ0) is 15.1. The van der Waals surface area contributed by atoms with Gasteiger partial charge < -0.3 is 10.6 Å². The Morgan fingerprint density at radius 1 is 1.41 bits per heavy atom. The Bertz CT molecular complexity index is 864. The number of anilines is 1. The van der Waals surface area contributed by atoms with E-state index >= 15 is 0 Å². The molecule has 0 saturated carbocycles. The standard InChI is InChI=1S/C16H16N4OS/c1-9(21)19-16-15(11-5-6-17-8-14(11)22-16)10-3-2-4-13-12(10)7-18-20-13/h2-4,7,17H,5-6,8H2,1H3,(H,18,20)(H,19,21). The first kappa shape index (κ1) is 13.5. The van der Waals surface area contributed by atoms with Crippen molar-refractivity contribution in [2.75, 3.05) is 11.9 Å². The fourth-order valence-corrected chi connectivity index (χ4v) is 4.33. The summed E-state index contributed by atoms with van der Waals surface area (Å²) in [7, 11) is 0. The third kappa shape index (κ3) is 2.12. The first-order valence-corrected chi connectivity index (χ1v) is 8.11. The Hall–Kier alpha value is -2.18. The van der Waals surface area contributed by atoms with Gasteiger partial charge in [0, 0.05) is 29.3 Å². The zero-order valence-corrected chi connectivity index (χ0v) is 13.0. The molecule has 1 aromatic carbocycles. The summed E-state index contributed by atoms with van der Waals surface area (Å²) in [4.78, 5) is 12.9. The molecule has 6 heteroatoms. The van der Waals surface area contributed by atoms with Crippen molar-refractivity contribution >= 4 is 33.1 Å². The van der Waals surface area contributed by atoms with E-state index in [0.29, 0.717) is 0 Å². The lowest BCUT2D eigenvalue weighted by Crippen LogP contribution is -2.22. The minimum absolute atomic E-state index is 0.0350. The van der Waals surface area contributed by atoms with Crippen LogP contribution in [0.25, 0.3) is 22.0 Å². The van der Waals surface area contributed by atoms with Gasteiger partial charge in [0.2, 0.25) is 5.91 Å². The molecule has 3 N–H and O–H groups in total. The van der Waals surface area contributed by atoms with Crippen LogP contribution in [0.2, 0.25) is 0 Å². The molecule has 0 spiro atoms.